The van der Waals surface area contributed by atoms with Crippen LogP contribution in [0.2, 0.25) is 5.02 Å². The molecule has 0 aliphatic heterocycles. The van der Waals surface area contributed by atoms with Crippen molar-refractivity contribution in [1.82, 2.24) is 4.98 Å². The molecule has 0 bridgehead atoms. The van der Waals surface area contributed by atoms with Crippen LogP contribution in [-0.4, -0.2) is 17.5 Å². The van der Waals surface area contributed by atoms with E-state index in [1.54, 1.807) is 36.4 Å². The van der Waals surface area contributed by atoms with E-state index in [9.17, 15) is 9.18 Å². The summed E-state index contributed by atoms with van der Waals surface area (Å²) >= 11 is 6.00. The van der Waals surface area contributed by atoms with E-state index >= 15 is 0 Å². The lowest BCUT2D eigenvalue weighted by molar-refractivity contribution is -0.118. The molecule has 0 saturated heterocycles. The average Bonchev–Trinajstić information content (AvgIpc) is 3.12. The Labute approximate surface area is 171 Å². The number of para-hydroxylation sites is 1. The van der Waals surface area contributed by atoms with E-state index < -0.39 is 11.7 Å². The highest BCUT2D eigenvalue weighted by molar-refractivity contribution is 6.31. The predicted octanol–water partition coefficient (Wildman–Crippen LogP) is 5.61. The molecule has 146 valence electrons. The number of oxazole rings is 1. The van der Waals surface area contributed by atoms with E-state index in [0.29, 0.717) is 33.3 Å². The van der Waals surface area contributed by atoms with Crippen molar-refractivity contribution in [3.05, 3.63) is 77.1 Å². The number of anilines is 1. The van der Waals surface area contributed by atoms with Crippen molar-refractivity contribution < 1.29 is 18.3 Å². The number of carbonyl (C=O) groups excluding carboxylic acids is 1. The van der Waals surface area contributed by atoms with Gasteiger partial charge < -0.3 is 14.5 Å². The molecule has 0 spiro atoms. The van der Waals surface area contributed by atoms with Gasteiger partial charge in [0, 0.05) is 16.3 Å². The SMILES string of the molecule is Cc1ccc(-c2nc3cc(Cl)ccc3o2)cc1NC(=O)COc1ccccc1F. The highest BCUT2D eigenvalue weighted by Gasteiger charge is 2.13. The fourth-order valence-electron chi connectivity index (χ4n) is 2.81. The second kappa shape index (κ2) is 7.93. The summed E-state index contributed by atoms with van der Waals surface area (Å²) in [7, 11) is 0. The molecule has 0 saturated carbocycles. The molecule has 1 aromatic heterocycles. The van der Waals surface area contributed by atoms with Crippen molar-refractivity contribution in [2.45, 2.75) is 6.92 Å². The Morgan fingerprint density at radius 2 is 2.00 bits per heavy atom. The lowest BCUT2D eigenvalue weighted by atomic mass is 10.1. The summed E-state index contributed by atoms with van der Waals surface area (Å²) in [6.45, 7) is 1.55. The molecule has 0 atom stereocenters. The van der Waals surface area contributed by atoms with Gasteiger partial charge in [0.05, 0.1) is 0 Å². The average molecular weight is 411 g/mol. The lowest BCUT2D eigenvalue weighted by Gasteiger charge is -2.11. The number of aromatic nitrogens is 1. The Hall–Kier alpha value is -3.38. The molecule has 4 aromatic rings. The van der Waals surface area contributed by atoms with E-state index in [-0.39, 0.29) is 12.4 Å². The van der Waals surface area contributed by atoms with Gasteiger partial charge in [-0.05, 0) is 55.0 Å². The Balaban J connectivity index is 1.51. The fraction of sp³-hybridized carbons (Fsp3) is 0.0909. The minimum absolute atomic E-state index is 0.0262. The predicted molar refractivity (Wildman–Crippen MR) is 110 cm³/mol. The summed E-state index contributed by atoms with van der Waals surface area (Å²) in [5.74, 6) is -0.481. The van der Waals surface area contributed by atoms with Crippen molar-refractivity contribution in [3.8, 4) is 17.2 Å². The van der Waals surface area contributed by atoms with Crippen LogP contribution in [0.3, 0.4) is 0 Å². The van der Waals surface area contributed by atoms with E-state index in [2.05, 4.69) is 10.3 Å². The first-order valence-corrected chi connectivity index (χ1v) is 9.22. The minimum atomic E-state index is -0.519. The number of hydrogen-bond acceptors (Lipinski definition) is 4. The zero-order chi connectivity index (χ0) is 20.4. The summed E-state index contributed by atoms with van der Waals surface area (Å²) in [6, 6.07) is 16.6. The van der Waals surface area contributed by atoms with Crippen LogP contribution in [-0.2, 0) is 4.79 Å². The maximum atomic E-state index is 13.6. The molecule has 0 radical (unpaired) electrons. The number of halogens is 2. The normalized spacial score (nSPS) is 10.9. The van der Waals surface area contributed by atoms with Crippen LogP contribution in [0.4, 0.5) is 10.1 Å². The molecular weight excluding hydrogens is 395 g/mol. The summed E-state index contributed by atoms with van der Waals surface area (Å²) in [6.07, 6.45) is 0. The van der Waals surface area contributed by atoms with Crippen LogP contribution >= 0.6 is 11.6 Å². The molecule has 1 heterocycles. The number of rotatable bonds is 5. The second-order valence-corrected chi connectivity index (χ2v) is 6.86. The number of fused-ring (bicyclic) bond motifs is 1. The highest BCUT2D eigenvalue weighted by atomic mass is 35.5. The Morgan fingerprint density at radius 3 is 2.83 bits per heavy atom. The zero-order valence-corrected chi connectivity index (χ0v) is 16.2. The lowest BCUT2D eigenvalue weighted by Crippen LogP contribution is -2.21. The Kier molecular flexibility index (Phi) is 5.18. The molecule has 0 unspecified atom stereocenters. The minimum Gasteiger partial charge on any atom is -0.481 e. The van der Waals surface area contributed by atoms with Crippen LogP contribution < -0.4 is 10.1 Å². The Morgan fingerprint density at radius 1 is 1.17 bits per heavy atom. The molecule has 29 heavy (non-hydrogen) atoms. The van der Waals surface area contributed by atoms with Gasteiger partial charge in [0.2, 0.25) is 5.89 Å². The van der Waals surface area contributed by atoms with Crippen molar-refractivity contribution in [3.63, 3.8) is 0 Å². The van der Waals surface area contributed by atoms with Crippen molar-refractivity contribution >= 4 is 34.3 Å². The number of ether oxygens (including phenoxy) is 1. The maximum absolute atomic E-state index is 13.6. The summed E-state index contributed by atoms with van der Waals surface area (Å²) < 4.78 is 24.6. The number of carbonyl (C=O) groups is 1. The summed E-state index contributed by atoms with van der Waals surface area (Å²) in [4.78, 5) is 16.7. The largest absolute Gasteiger partial charge is 0.481 e. The van der Waals surface area contributed by atoms with Crippen LogP contribution in [0.25, 0.3) is 22.6 Å². The van der Waals surface area contributed by atoms with E-state index in [4.69, 9.17) is 20.8 Å². The monoisotopic (exact) mass is 410 g/mol. The summed E-state index contributed by atoms with van der Waals surface area (Å²) in [5.41, 5.74) is 3.41. The topological polar surface area (TPSA) is 64.4 Å². The molecular formula is C22H16ClFN2O3. The van der Waals surface area contributed by atoms with Gasteiger partial charge in [0.25, 0.3) is 5.91 Å². The van der Waals surface area contributed by atoms with Gasteiger partial charge >= 0.3 is 0 Å². The Bertz CT molecular complexity index is 1210. The van der Waals surface area contributed by atoms with Gasteiger partial charge in [-0.3, -0.25) is 4.79 Å². The third kappa shape index (κ3) is 4.22. The molecule has 7 heteroatoms. The number of aryl methyl sites for hydroxylation is 1. The first-order valence-electron chi connectivity index (χ1n) is 8.84. The van der Waals surface area contributed by atoms with Crippen molar-refractivity contribution in [2.75, 3.05) is 11.9 Å². The second-order valence-electron chi connectivity index (χ2n) is 6.43. The van der Waals surface area contributed by atoms with Gasteiger partial charge in [-0.15, -0.1) is 0 Å². The first kappa shape index (κ1) is 19.0. The quantitative estimate of drug-likeness (QED) is 0.464. The van der Waals surface area contributed by atoms with E-state index in [1.165, 1.54) is 12.1 Å². The van der Waals surface area contributed by atoms with Crippen molar-refractivity contribution in [1.29, 1.82) is 0 Å². The number of benzene rings is 3. The fourth-order valence-corrected chi connectivity index (χ4v) is 2.97. The first-order chi connectivity index (χ1) is 14.0. The molecule has 0 aliphatic carbocycles. The molecule has 0 aliphatic rings. The third-order valence-corrected chi connectivity index (χ3v) is 4.54. The molecule has 4 rings (SSSR count). The van der Waals surface area contributed by atoms with Crippen LogP contribution in [0.15, 0.2) is 65.1 Å². The number of nitrogens with one attached hydrogen (secondary N) is 1. The molecule has 0 fully saturated rings. The van der Waals surface area contributed by atoms with Gasteiger partial charge in [-0.2, -0.15) is 0 Å². The molecule has 5 nitrogen and oxygen atoms in total. The number of nitrogens with zero attached hydrogens (tertiary/aromatic N) is 1. The smallest absolute Gasteiger partial charge is 0.262 e. The van der Waals surface area contributed by atoms with Crippen LogP contribution in [0.1, 0.15) is 5.56 Å². The van der Waals surface area contributed by atoms with Gasteiger partial charge in [0.1, 0.15) is 5.52 Å². The highest BCUT2D eigenvalue weighted by Crippen LogP contribution is 2.29. The van der Waals surface area contributed by atoms with Gasteiger partial charge in [-0.1, -0.05) is 29.8 Å². The number of hydrogen-bond donors (Lipinski definition) is 1. The van der Waals surface area contributed by atoms with Gasteiger partial charge in [0.15, 0.2) is 23.8 Å². The molecule has 1 N–H and O–H groups in total. The zero-order valence-electron chi connectivity index (χ0n) is 15.4. The third-order valence-electron chi connectivity index (χ3n) is 4.30. The molecule has 3 aromatic carbocycles. The van der Waals surface area contributed by atoms with E-state index in [1.807, 2.05) is 19.1 Å². The number of amides is 1. The summed E-state index contributed by atoms with van der Waals surface area (Å²) in [5, 5.41) is 3.35. The van der Waals surface area contributed by atoms with E-state index in [0.717, 1.165) is 5.56 Å². The van der Waals surface area contributed by atoms with Crippen LogP contribution in [0, 0.1) is 12.7 Å². The van der Waals surface area contributed by atoms with Gasteiger partial charge in [-0.25, -0.2) is 9.37 Å². The maximum Gasteiger partial charge on any atom is 0.262 e. The molecule has 1 amide bonds. The van der Waals surface area contributed by atoms with Crippen LogP contribution in [0.5, 0.6) is 5.75 Å². The standard InChI is InChI=1S/C22H16ClFN2O3/c1-13-6-7-14(22-26-18-11-15(23)8-9-20(18)29-22)10-17(13)25-21(27)12-28-19-5-3-2-4-16(19)24/h2-11H,12H2,1H3,(H,25,27). The van der Waals surface area contributed by atoms with Crippen molar-refractivity contribution in [2.24, 2.45) is 0 Å².